The van der Waals surface area contributed by atoms with Gasteiger partial charge in [-0.25, -0.2) is 0 Å². The van der Waals surface area contributed by atoms with Crippen LogP contribution in [0.4, 0.5) is 0 Å². The Bertz CT molecular complexity index is 1430. The van der Waals surface area contributed by atoms with Gasteiger partial charge >= 0.3 is 170 Å². The Morgan fingerprint density at radius 2 is 1.34 bits per heavy atom. The molecule has 0 nitrogen and oxygen atoms in total. The van der Waals surface area contributed by atoms with E-state index in [9.17, 15) is 0 Å². The van der Waals surface area contributed by atoms with Crippen molar-refractivity contribution >= 4 is 21.8 Å². The number of rotatable bonds is 4. The Labute approximate surface area is 169 Å². The van der Waals surface area contributed by atoms with Crippen molar-refractivity contribution in [3.8, 4) is 0 Å². The molecule has 1 aromatic rings. The first kappa shape index (κ1) is 15.4. The minimum absolute atomic E-state index is 0.0230. The third-order valence-electron chi connectivity index (χ3n) is 18.5. The van der Waals surface area contributed by atoms with Gasteiger partial charge < -0.3 is 0 Å². The Balaban J connectivity index is 1.22. The van der Waals surface area contributed by atoms with Crippen molar-refractivity contribution in [1.82, 2.24) is 0 Å². The van der Waals surface area contributed by atoms with E-state index in [4.69, 9.17) is 0 Å². The average molecular weight is 466 g/mol. The summed E-state index contributed by atoms with van der Waals surface area (Å²) in [4.78, 5) is 11.4. The molecule has 5 unspecified atom stereocenters. The topological polar surface area (TPSA) is 0 Å². The Hall–Kier alpha value is 0.599. The van der Waals surface area contributed by atoms with Crippen LogP contribution in [0.5, 0.6) is 0 Å². The van der Waals surface area contributed by atoms with Crippen LogP contribution in [-0.2, 0) is 6.51 Å². The van der Waals surface area contributed by atoms with E-state index in [1.54, 1.807) is 5.30 Å². The Morgan fingerprint density at radius 3 is 1.76 bits per heavy atom. The molecule has 11 rings (SSSR count). The summed E-state index contributed by atoms with van der Waals surface area (Å²) in [5.41, 5.74) is 1.05. The predicted octanol–water partition coefficient (Wildman–Crippen LogP) is 8.12. The molecule has 0 bridgehead atoms. The van der Waals surface area contributed by atoms with Crippen molar-refractivity contribution in [1.29, 1.82) is 0 Å². The average Bonchev–Trinajstić information content (AvgIpc) is 3.54. The SMILES string of the molecule is C[C@@H](P(C(C)(C)C)C(C)(C)C)[C@@]12[CH]3[CH]4[CH]5[C]1(Pc1ccccc1)[Fe]45321678[CH]2[CH]1[CH]6[CH]7[CH]28. The van der Waals surface area contributed by atoms with Gasteiger partial charge in [-0.2, -0.15) is 0 Å². The van der Waals surface area contributed by atoms with E-state index < -0.39 is 6.51 Å². The van der Waals surface area contributed by atoms with Crippen LogP contribution in [0.15, 0.2) is 30.3 Å². The molecule has 10 heterocycles. The standard InChI is InChI=1S/C21H31P2.C5H5.Fe/c1-16(23(20(2,3)4)21(5,6)7)18-14-11-15-19(18)22-17-12-9-8-10-13-17;1-2-4-5-3-1;/h8-16,22H,1-7H3;1-5H;/t16-;;/m1../s1. The second-order valence-corrected chi connectivity index (χ2v) is 46.2. The molecule has 7 atom stereocenters. The van der Waals surface area contributed by atoms with E-state index in [-0.39, 0.29) is 7.92 Å². The molecular weight excluding hydrogens is 430 g/mol. The van der Waals surface area contributed by atoms with Gasteiger partial charge in [-0.15, -0.1) is 0 Å². The first-order chi connectivity index (χ1) is 13.3. The molecule has 10 aliphatic heterocycles. The van der Waals surface area contributed by atoms with Gasteiger partial charge in [-0.05, 0) is 0 Å². The van der Waals surface area contributed by atoms with E-state index in [2.05, 4.69) is 78.8 Å². The number of hydrogen-bond acceptors (Lipinski definition) is 0. The molecule has 1 aromatic carbocycles. The fourth-order valence-corrected chi connectivity index (χ4v) is 118. The molecule has 0 N–H and O–H groups in total. The summed E-state index contributed by atoms with van der Waals surface area (Å²) in [6.45, 7) is 15.2. The van der Waals surface area contributed by atoms with Crippen LogP contribution in [0, 0.1) is 0 Å². The van der Waals surface area contributed by atoms with Crippen LogP contribution in [0.3, 0.4) is 0 Å². The second-order valence-electron chi connectivity index (χ2n) is 16.7. The number of fused-ring (bicyclic) bond motifs is 10. The third kappa shape index (κ3) is 0.293. The van der Waals surface area contributed by atoms with Gasteiger partial charge in [0.25, 0.3) is 0 Å². The molecule has 3 heteroatoms. The first-order valence-corrected chi connectivity index (χ1v) is 20.7. The zero-order chi connectivity index (χ0) is 19.9. The van der Waals surface area contributed by atoms with Gasteiger partial charge in [0.15, 0.2) is 0 Å². The molecule has 10 saturated heterocycles. The fraction of sp³-hybridized carbons (Fsp3) is 0.769. The normalized spacial score (nSPS) is 80.3. The van der Waals surface area contributed by atoms with Crippen LogP contribution in [0.2, 0.25) is 42.8 Å². The summed E-state index contributed by atoms with van der Waals surface area (Å²) in [6, 6.07) is 11.9. The molecule has 0 aromatic heterocycles. The maximum absolute atomic E-state index is 3.34. The van der Waals surface area contributed by atoms with E-state index >= 15 is 0 Å². The minimum atomic E-state index is -3.34. The molecule has 0 radical (unpaired) electrons. The van der Waals surface area contributed by atoms with Crippen molar-refractivity contribution in [3.05, 3.63) is 30.3 Å². The molecule has 29 heavy (non-hydrogen) atoms. The van der Waals surface area contributed by atoms with Crippen LogP contribution in [0.25, 0.3) is 0 Å². The van der Waals surface area contributed by atoms with E-state index in [0.29, 0.717) is 10.3 Å². The molecule has 0 amide bonds. The molecule has 158 valence electrons. The molecule has 0 saturated carbocycles. The first-order valence-electron chi connectivity index (χ1n) is 12.1. The van der Waals surface area contributed by atoms with Gasteiger partial charge in [0.05, 0.1) is 0 Å². The van der Waals surface area contributed by atoms with Gasteiger partial charge in [-0.1, -0.05) is 0 Å². The van der Waals surface area contributed by atoms with Crippen LogP contribution in [-0.4, -0.2) is 20.0 Å². The van der Waals surface area contributed by atoms with Crippen molar-refractivity contribution in [2.24, 2.45) is 0 Å². The third-order valence-corrected chi connectivity index (χ3v) is 72.1. The summed E-state index contributed by atoms with van der Waals surface area (Å²) >= 11 is 0. The van der Waals surface area contributed by atoms with Gasteiger partial charge in [-0.3, -0.25) is 0 Å². The Morgan fingerprint density at radius 1 is 0.828 bits per heavy atom. The summed E-state index contributed by atoms with van der Waals surface area (Å²) < 4.78 is 1.95. The van der Waals surface area contributed by atoms with Crippen molar-refractivity contribution in [3.63, 3.8) is 0 Å². The summed E-state index contributed by atoms with van der Waals surface area (Å²) in [5.74, 6) is 0. The maximum atomic E-state index is 2.86. The molecule has 10 aliphatic rings. The van der Waals surface area contributed by atoms with E-state index in [1.165, 1.54) is 47.1 Å². The number of hydrogen-bond donors (Lipinski definition) is 0. The summed E-state index contributed by atoms with van der Waals surface area (Å²) in [7, 11) is 1.23. The van der Waals surface area contributed by atoms with Gasteiger partial charge in [0, 0.05) is 0 Å². The van der Waals surface area contributed by atoms with Crippen molar-refractivity contribution < 1.29 is 6.51 Å². The van der Waals surface area contributed by atoms with Gasteiger partial charge in [0.2, 0.25) is 0 Å². The van der Waals surface area contributed by atoms with E-state index in [1.807, 2.05) is 0 Å². The summed E-state index contributed by atoms with van der Waals surface area (Å²) in [6.07, 6.45) is 0. The zero-order valence-electron chi connectivity index (χ0n) is 18.9. The van der Waals surface area contributed by atoms with Crippen molar-refractivity contribution in [2.45, 2.75) is 111 Å². The van der Waals surface area contributed by atoms with E-state index in [0.717, 1.165) is 14.0 Å². The Kier molecular flexibility index (Phi) is 0.983. The van der Waals surface area contributed by atoms with Crippen LogP contribution in [0.1, 0.15) is 48.5 Å². The van der Waals surface area contributed by atoms with Crippen LogP contribution >= 0.6 is 16.5 Å². The molecule has 0 aliphatic carbocycles. The predicted molar refractivity (Wildman–Crippen MR) is 126 cm³/mol. The summed E-state index contributed by atoms with van der Waals surface area (Å²) in [5, 5.41) is 2.74. The molecule has 1 spiro atoms. The molecular formula is C26H36FeP2. The molecule has 10 fully saturated rings. The zero-order valence-corrected chi connectivity index (χ0v) is 21.9. The second kappa shape index (κ2) is 1.85. The van der Waals surface area contributed by atoms with Crippen molar-refractivity contribution in [2.75, 3.05) is 0 Å². The quantitative estimate of drug-likeness (QED) is 0.311. The van der Waals surface area contributed by atoms with Crippen LogP contribution < -0.4 is 5.30 Å². The van der Waals surface area contributed by atoms with Gasteiger partial charge in [0.1, 0.15) is 0 Å². The monoisotopic (exact) mass is 466 g/mol. The number of benzene rings is 1. The fourth-order valence-electron chi connectivity index (χ4n) is 21.4.